The Morgan fingerprint density at radius 1 is 1.35 bits per heavy atom. The van der Waals surface area contributed by atoms with Crippen LogP contribution in [0.1, 0.15) is 12.7 Å². The highest BCUT2D eigenvalue weighted by molar-refractivity contribution is 5.80. The molecule has 1 aromatic carbocycles. The van der Waals surface area contributed by atoms with E-state index >= 15 is 0 Å². The van der Waals surface area contributed by atoms with Crippen molar-refractivity contribution in [2.75, 3.05) is 12.8 Å². The number of ether oxygens (including phenoxy) is 1. The van der Waals surface area contributed by atoms with Gasteiger partial charge in [0.2, 0.25) is 5.95 Å². The summed E-state index contributed by atoms with van der Waals surface area (Å²) >= 11 is 0. The van der Waals surface area contributed by atoms with Crippen molar-refractivity contribution in [3.63, 3.8) is 0 Å². The molecule has 0 saturated carbocycles. The number of imidazole rings is 1. The highest BCUT2D eigenvalue weighted by Gasteiger charge is 2.12. The van der Waals surface area contributed by atoms with Crippen LogP contribution >= 0.6 is 0 Å². The van der Waals surface area contributed by atoms with Crippen LogP contribution in [0.5, 0.6) is 5.75 Å². The first-order valence-corrected chi connectivity index (χ1v) is 6.39. The summed E-state index contributed by atoms with van der Waals surface area (Å²) in [5.41, 5.74) is 7.77. The van der Waals surface area contributed by atoms with Crippen LogP contribution in [0.2, 0.25) is 0 Å². The van der Waals surface area contributed by atoms with E-state index in [0.717, 1.165) is 29.2 Å². The van der Waals surface area contributed by atoms with Crippen LogP contribution in [0.25, 0.3) is 11.0 Å². The zero-order valence-corrected chi connectivity index (χ0v) is 11.4. The summed E-state index contributed by atoms with van der Waals surface area (Å²) in [5, 5.41) is 8.06. The van der Waals surface area contributed by atoms with E-state index in [9.17, 15) is 0 Å². The molecule has 2 aromatic heterocycles. The number of rotatable bonds is 4. The molecule has 0 aliphatic rings. The van der Waals surface area contributed by atoms with Gasteiger partial charge in [-0.25, -0.2) is 4.98 Å². The third-order valence-corrected chi connectivity index (χ3v) is 3.32. The molecule has 104 valence electrons. The van der Waals surface area contributed by atoms with Gasteiger partial charge in [-0.2, -0.15) is 0 Å². The molecule has 0 amide bonds. The molecule has 3 aromatic rings. The molecular weight excluding hydrogens is 256 g/mol. The minimum Gasteiger partial charge on any atom is -0.497 e. The Kier molecular flexibility index (Phi) is 3.02. The van der Waals surface area contributed by atoms with Gasteiger partial charge in [0.25, 0.3) is 0 Å². The molecule has 3 rings (SSSR count). The average Bonchev–Trinajstić information content (AvgIpc) is 3.03. The minimum absolute atomic E-state index is 0.457. The highest BCUT2D eigenvalue weighted by atomic mass is 16.5. The number of nitrogens with two attached hydrogens (primary N) is 1. The number of anilines is 1. The van der Waals surface area contributed by atoms with Crippen molar-refractivity contribution in [2.45, 2.75) is 20.0 Å². The first-order chi connectivity index (χ1) is 9.72. The van der Waals surface area contributed by atoms with E-state index in [-0.39, 0.29) is 0 Å². The first-order valence-electron chi connectivity index (χ1n) is 6.39. The van der Waals surface area contributed by atoms with Gasteiger partial charge in [-0.3, -0.25) is 0 Å². The Morgan fingerprint density at radius 2 is 2.20 bits per heavy atom. The van der Waals surface area contributed by atoms with Gasteiger partial charge < -0.3 is 19.6 Å². The van der Waals surface area contributed by atoms with Crippen LogP contribution in [-0.4, -0.2) is 31.4 Å². The standard InChI is InChI=1S/C13H16N6O/c1-3-18-8-15-17-12(18)7-19-11-5-4-9(20-2)6-10(11)16-13(19)14/h4-6,8H,3,7H2,1-2H3,(H2,14,16). The van der Waals surface area contributed by atoms with Crippen molar-refractivity contribution >= 4 is 17.0 Å². The fraction of sp³-hybridized carbons (Fsp3) is 0.308. The number of aromatic nitrogens is 5. The van der Waals surface area contributed by atoms with Crippen LogP contribution in [0.4, 0.5) is 5.95 Å². The van der Waals surface area contributed by atoms with E-state index in [4.69, 9.17) is 10.5 Å². The number of nitrogen functional groups attached to an aromatic ring is 1. The van der Waals surface area contributed by atoms with Crippen LogP contribution in [0.3, 0.4) is 0 Å². The lowest BCUT2D eigenvalue weighted by Gasteiger charge is -2.07. The van der Waals surface area contributed by atoms with E-state index < -0.39 is 0 Å². The summed E-state index contributed by atoms with van der Waals surface area (Å²) in [6.45, 7) is 3.41. The van der Waals surface area contributed by atoms with Gasteiger partial charge in [0, 0.05) is 12.6 Å². The minimum atomic E-state index is 0.457. The molecule has 0 atom stereocenters. The SMILES string of the molecule is CCn1cnnc1Cn1c(N)nc2cc(OC)ccc21. The normalized spacial score (nSPS) is 11.1. The van der Waals surface area contributed by atoms with Crippen LogP contribution in [-0.2, 0) is 13.1 Å². The smallest absolute Gasteiger partial charge is 0.201 e. The maximum absolute atomic E-state index is 6.01. The van der Waals surface area contributed by atoms with Crippen molar-refractivity contribution in [3.05, 3.63) is 30.4 Å². The molecule has 0 fully saturated rings. The second-order valence-corrected chi connectivity index (χ2v) is 4.44. The molecule has 0 saturated heterocycles. The van der Waals surface area contributed by atoms with Crippen molar-refractivity contribution < 1.29 is 4.74 Å². The van der Waals surface area contributed by atoms with E-state index in [2.05, 4.69) is 15.2 Å². The summed E-state index contributed by atoms with van der Waals surface area (Å²) < 4.78 is 9.10. The Morgan fingerprint density at radius 3 is 2.95 bits per heavy atom. The Hall–Kier alpha value is -2.57. The Bertz CT molecular complexity index is 744. The predicted molar refractivity (Wildman–Crippen MR) is 75.5 cm³/mol. The number of aryl methyl sites for hydroxylation is 1. The van der Waals surface area contributed by atoms with Gasteiger partial charge in [-0.05, 0) is 19.1 Å². The van der Waals surface area contributed by atoms with E-state index in [1.807, 2.05) is 34.3 Å². The van der Waals surface area contributed by atoms with Crippen molar-refractivity contribution in [3.8, 4) is 5.75 Å². The topological polar surface area (TPSA) is 83.8 Å². The molecule has 0 aliphatic heterocycles. The molecule has 20 heavy (non-hydrogen) atoms. The van der Waals surface area contributed by atoms with Gasteiger partial charge in [0.15, 0.2) is 5.82 Å². The van der Waals surface area contributed by atoms with Gasteiger partial charge in [0.05, 0.1) is 24.7 Å². The molecule has 0 radical (unpaired) electrons. The lowest BCUT2D eigenvalue weighted by atomic mass is 10.3. The molecule has 2 heterocycles. The number of benzene rings is 1. The lowest BCUT2D eigenvalue weighted by Crippen LogP contribution is -2.10. The monoisotopic (exact) mass is 272 g/mol. The first kappa shape index (κ1) is 12.5. The quantitative estimate of drug-likeness (QED) is 0.773. The van der Waals surface area contributed by atoms with Crippen LogP contribution in [0.15, 0.2) is 24.5 Å². The molecule has 0 aliphatic carbocycles. The Labute approximate surface area is 116 Å². The zero-order valence-electron chi connectivity index (χ0n) is 11.4. The van der Waals surface area contributed by atoms with Gasteiger partial charge >= 0.3 is 0 Å². The maximum atomic E-state index is 6.01. The van der Waals surface area contributed by atoms with Gasteiger partial charge in [-0.15, -0.1) is 10.2 Å². The maximum Gasteiger partial charge on any atom is 0.201 e. The molecular formula is C13H16N6O. The van der Waals surface area contributed by atoms with E-state index in [1.165, 1.54) is 0 Å². The van der Waals surface area contributed by atoms with E-state index in [0.29, 0.717) is 12.5 Å². The highest BCUT2D eigenvalue weighted by Crippen LogP contribution is 2.23. The molecule has 7 heteroatoms. The van der Waals surface area contributed by atoms with Crippen LogP contribution in [0, 0.1) is 0 Å². The summed E-state index contributed by atoms with van der Waals surface area (Å²) in [4.78, 5) is 4.36. The van der Waals surface area contributed by atoms with Gasteiger partial charge in [-0.1, -0.05) is 0 Å². The molecule has 2 N–H and O–H groups in total. The fourth-order valence-electron chi connectivity index (χ4n) is 2.23. The van der Waals surface area contributed by atoms with Crippen molar-refractivity contribution in [1.82, 2.24) is 24.3 Å². The molecule has 0 unspecified atom stereocenters. The number of hydrogen-bond acceptors (Lipinski definition) is 5. The second-order valence-electron chi connectivity index (χ2n) is 4.44. The summed E-state index contributed by atoms with van der Waals surface area (Å²) in [5.74, 6) is 2.08. The summed E-state index contributed by atoms with van der Waals surface area (Å²) in [6, 6.07) is 5.71. The van der Waals surface area contributed by atoms with Crippen molar-refractivity contribution in [2.24, 2.45) is 0 Å². The lowest BCUT2D eigenvalue weighted by molar-refractivity contribution is 0.415. The average molecular weight is 272 g/mol. The number of methoxy groups -OCH3 is 1. The van der Waals surface area contributed by atoms with Crippen molar-refractivity contribution in [1.29, 1.82) is 0 Å². The number of nitrogens with zero attached hydrogens (tertiary/aromatic N) is 5. The fourth-order valence-corrected chi connectivity index (χ4v) is 2.23. The third kappa shape index (κ3) is 1.97. The Balaban J connectivity index is 2.05. The number of fused-ring (bicyclic) bond motifs is 1. The summed E-state index contributed by atoms with van der Waals surface area (Å²) in [6.07, 6.45) is 1.72. The molecule has 0 spiro atoms. The zero-order chi connectivity index (χ0) is 14.1. The molecule has 0 bridgehead atoms. The second kappa shape index (κ2) is 4.84. The van der Waals surface area contributed by atoms with Gasteiger partial charge in [0.1, 0.15) is 12.1 Å². The number of hydrogen-bond donors (Lipinski definition) is 1. The predicted octanol–water partition coefficient (Wildman–Crippen LogP) is 1.29. The largest absolute Gasteiger partial charge is 0.497 e. The van der Waals surface area contributed by atoms with E-state index in [1.54, 1.807) is 13.4 Å². The molecule has 7 nitrogen and oxygen atoms in total. The van der Waals surface area contributed by atoms with Crippen LogP contribution < -0.4 is 10.5 Å². The summed E-state index contributed by atoms with van der Waals surface area (Å²) in [7, 11) is 1.63. The third-order valence-electron chi connectivity index (χ3n) is 3.32.